The molecule has 124 valence electrons. The van der Waals surface area contributed by atoms with E-state index in [-0.39, 0.29) is 5.78 Å². The van der Waals surface area contributed by atoms with Gasteiger partial charge in [0.25, 0.3) is 0 Å². The average Bonchev–Trinajstić information content (AvgIpc) is 2.61. The molecule has 0 unspecified atom stereocenters. The zero-order chi connectivity index (χ0) is 16.9. The van der Waals surface area contributed by atoms with E-state index in [1.807, 2.05) is 60.5 Å². The van der Waals surface area contributed by atoms with Crippen molar-refractivity contribution in [3.8, 4) is 0 Å². The lowest BCUT2D eigenvalue weighted by atomic mass is 10.1. The highest BCUT2D eigenvalue weighted by Gasteiger charge is 2.16. The minimum atomic E-state index is 0.0246. The van der Waals surface area contributed by atoms with Gasteiger partial charge < -0.3 is 4.90 Å². The highest BCUT2D eigenvalue weighted by molar-refractivity contribution is 6.07. The molecule has 0 atom stereocenters. The Kier molecular flexibility index (Phi) is 5.08. The molecule has 1 heterocycles. The number of carbonyl (C=O) groups is 1. The summed E-state index contributed by atoms with van der Waals surface area (Å²) in [6, 6.07) is 15.8. The largest absolute Gasteiger partial charge is 0.368 e. The maximum atomic E-state index is 12.3. The smallest absolute Gasteiger partial charge is 0.185 e. The Morgan fingerprint density at radius 1 is 1.00 bits per heavy atom. The van der Waals surface area contributed by atoms with Crippen molar-refractivity contribution in [2.75, 3.05) is 31.1 Å². The molecule has 2 aromatic carbocycles. The van der Waals surface area contributed by atoms with Crippen LogP contribution in [0.3, 0.4) is 0 Å². The summed E-state index contributed by atoms with van der Waals surface area (Å²) in [5.74, 6) is 5.86. The minimum absolute atomic E-state index is 0.0246. The van der Waals surface area contributed by atoms with Crippen LogP contribution in [0, 0.1) is 6.92 Å². The van der Waals surface area contributed by atoms with Crippen LogP contribution in [0.15, 0.2) is 54.6 Å². The Hall–Kier alpha value is -2.43. The van der Waals surface area contributed by atoms with Crippen LogP contribution >= 0.6 is 0 Å². The fraction of sp³-hybridized carbons (Fsp3) is 0.250. The Morgan fingerprint density at radius 2 is 1.67 bits per heavy atom. The number of carbonyl (C=O) groups excluding carboxylic acids is 1. The highest BCUT2D eigenvalue weighted by Crippen LogP contribution is 2.23. The van der Waals surface area contributed by atoms with E-state index in [0.29, 0.717) is 5.56 Å². The van der Waals surface area contributed by atoms with E-state index < -0.39 is 0 Å². The zero-order valence-electron chi connectivity index (χ0n) is 14.0. The average molecular weight is 321 g/mol. The molecule has 0 spiro atoms. The first-order valence-corrected chi connectivity index (χ1v) is 8.26. The summed E-state index contributed by atoms with van der Waals surface area (Å²) >= 11 is 0. The van der Waals surface area contributed by atoms with E-state index in [4.69, 9.17) is 5.84 Å². The summed E-state index contributed by atoms with van der Waals surface area (Å²) in [6.45, 7) is 5.50. The first kappa shape index (κ1) is 16.4. The highest BCUT2D eigenvalue weighted by atomic mass is 16.1. The lowest BCUT2D eigenvalue weighted by Crippen LogP contribution is -2.49. The summed E-state index contributed by atoms with van der Waals surface area (Å²) in [6.07, 6.45) is 3.56. The molecule has 1 aliphatic rings. The number of ketones is 1. The van der Waals surface area contributed by atoms with Crippen molar-refractivity contribution >= 4 is 17.5 Å². The standard InChI is InChI=1S/C20H23N3O/c1-16-6-8-18(9-7-16)20(24)11-10-17-4-2-3-5-19(17)22-12-14-23(21)15-13-22/h2-11H,12-15,21H2,1H3/b11-10+. The van der Waals surface area contributed by atoms with Gasteiger partial charge in [0.05, 0.1) is 0 Å². The number of nitrogens with zero attached hydrogens (tertiary/aromatic N) is 2. The van der Waals surface area contributed by atoms with Crippen LogP contribution in [-0.4, -0.2) is 37.0 Å². The van der Waals surface area contributed by atoms with E-state index >= 15 is 0 Å². The number of aryl methyl sites for hydroxylation is 1. The van der Waals surface area contributed by atoms with Crippen molar-refractivity contribution in [1.29, 1.82) is 0 Å². The van der Waals surface area contributed by atoms with Crippen LogP contribution < -0.4 is 10.7 Å². The quantitative estimate of drug-likeness (QED) is 0.534. The van der Waals surface area contributed by atoms with E-state index in [9.17, 15) is 4.79 Å². The zero-order valence-corrected chi connectivity index (χ0v) is 14.0. The number of hydrogen-bond acceptors (Lipinski definition) is 4. The van der Waals surface area contributed by atoms with Gasteiger partial charge in [0.15, 0.2) is 5.78 Å². The molecule has 2 aromatic rings. The Balaban J connectivity index is 1.77. The molecule has 1 fully saturated rings. The molecule has 0 radical (unpaired) electrons. The van der Waals surface area contributed by atoms with E-state index in [1.54, 1.807) is 6.08 Å². The molecule has 1 aliphatic heterocycles. The molecule has 3 rings (SSSR count). The fourth-order valence-corrected chi connectivity index (χ4v) is 2.86. The number of rotatable bonds is 4. The van der Waals surface area contributed by atoms with Crippen molar-refractivity contribution in [2.45, 2.75) is 6.92 Å². The predicted octanol–water partition coefficient (Wildman–Crippen LogP) is 2.89. The summed E-state index contributed by atoms with van der Waals surface area (Å²) in [5, 5.41) is 1.84. The van der Waals surface area contributed by atoms with Crippen molar-refractivity contribution < 1.29 is 4.79 Å². The number of para-hydroxylation sites is 1. The predicted molar refractivity (Wildman–Crippen MR) is 99.0 cm³/mol. The van der Waals surface area contributed by atoms with Gasteiger partial charge in [-0.25, -0.2) is 5.01 Å². The number of benzene rings is 2. The van der Waals surface area contributed by atoms with Crippen LogP contribution in [0.1, 0.15) is 21.5 Å². The summed E-state index contributed by atoms with van der Waals surface area (Å²) < 4.78 is 0. The molecule has 1 saturated heterocycles. The van der Waals surface area contributed by atoms with Gasteiger partial charge in [-0.05, 0) is 30.7 Å². The SMILES string of the molecule is Cc1ccc(C(=O)/C=C/c2ccccc2N2CCN(N)CC2)cc1. The van der Waals surface area contributed by atoms with Crippen LogP contribution in [0.2, 0.25) is 0 Å². The van der Waals surface area contributed by atoms with Crippen LogP contribution in [0.4, 0.5) is 5.69 Å². The number of allylic oxidation sites excluding steroid dienone is 1. The van der Waals surface area contributed by atoms with Gasteiger partial charge in [0.2, 0.25) is 0 Å². The van der Waals surface area contributed by atoms with Gasteiger partial charge >= 0.3 is 0 Å². The molecular formula is C20H23N3O. The molecule has 4 nitrogen and oxygen atoms in total. The number of nitrogens with two attached hydrogens (primary N) is 1. The van der Waals surface area contributed by atoms with Crippen LogP contribution in [0.5, 0.6) is 0 Å². The monoisotopic (exact) mass is 321 g/mol. The molecule has 2 N–H and O–H groups in total. The van der Waals surface area contributed by atoms with E-state index in [2.05, 4.69) is 11.0 Å². The maximum Gasteiger partial charge on any atom is 0.185 e. The molecule has 0 amide bonds. The van der Waals surface area contributed by atoms with Gasteiger partial charge in [0.1, 0.15) is 0 Å². The van der Waals surface area contributed by atoms with Gasteiger partial charge in [-0.3, -0.25) is 10.6 Å². The number of anilines is 1. The van der Waals surface area contributed by atoms with Crippen molar-refractivity contribution in [3.63, 3.8) is 0 Å². The van der Waals surface area contributed by atoms with Crippen molar-refractivity contribution in [1.82, 2.24) is 5.01 Å². The molecular weight excluding hydrogens is 298 g/mol. The number of hydrazine groups is 1. The molecule has 4 heteroatoms. The molecule has 0 saturated carbocycles. The van der Waals surface area contributed by atoms with Crippen LogP contribution in [0.25, 0.3) is 6.08 Å². The Labute approximate surface area is 143 Å². The number of piperazine rings is 1. The molecule has 0 bridgehead atoms. The van der Waals surface area contributed by atoms with Gasteiger partial charge in [-0.15, -0.1) is 0 Å². The normalized spacial score (nSPS) is 15.8. The lowest BCUT2D eigenvalue weighted by Gasteiger charge is -2.34. The minimum Gasteiger partial charge on any atom is -0.368 e. The Bertz CT molecular complexity index is 729. The maximum absolute atomic E-state index is 12.3. The third-order valence-corrected chi connectivity index (χ3v) is 4.34. The van der Waals surface area contributed by atoms with Crippen molar-refractivity contribution in [3.05, 3.63) is 71.3 Å². The topological polar surface area (TPSA) is 49.6 Å². The first-order valence-electron chi connectivity index (χ1n) is 8.26. The molecule has 0 aliphatic carbocycles. The third kappa shape index (κ3) is 3.91. The summed E-state index contributed by atoms with van der Waals surface area (Å²) in [7, 11) is 0. The summed E-state index contributed by atoms with van der Waals surface area (Å²) in [5.41, 5.74) is 4.08. The third-order valence-electron chi connectivity index (χ3n) is 4.34. The second-order valence-electron chi connectivity index (χ2n) is 6.15. The number of hydrogen-bond donors (Lipinski definition) is 1. The second-order valence-corrected chi connectivity index (χ2v) is 6.15. The van der Waals surface area contributed by atoms with E-state index in [0.717, 1.165) is 43.0 Å². The molecule has 0 aromatic heterocycles. The van der Waals surface area contributed by atoms with Crippen molar-refractivity contribution in [2.24, 2.45) is 5.84 Å². The van der Waals surface area contributed by atoms with Gasteiger partial charge in [-0.1, -0.05) is 48.0 Å². The summed E-state index contributed by atoms with van der Waals surface area (Å²) in [4.78, 5) is 14.7. The first-order chi connectivity index (χ1) is 11.6. The van der Waals surface area contributed by atoms with Gasteiger partial charge in [-0.2, -0.15) is 0 Å². The van der Waals surface area contributed by atoms with Crippen LogP contribution in [-0.2, 0) is 0 Å². The lowest BCUT2D eigenvalue weighted by molar-refractivity contribution is 0.104. The fourth-order valence-electron chi connectivity index (χ4n) is 2.86. The van der Waals surface area contributed by atoms with Gasteiger partial charge in [0, 0.05) is 37.4 Å². The second kappa shape index (κ2) is 7.43. The molecule has 24 heavy (non-hydrogen) atoms. The Morgan fingerprint density at radius 3 is 2.38 bits per heavy atom. The van der Waals surface area contributed by atoms with E-state index in [1.165, 1.54) is 0 Å².